The predicted octanol–water partition coefficient (Wildman–Crippen LogP) is 2.85. The molecule has 0 spiro atoms. The molecule has 0 unspecified atom stereocenters. The van der Waals surface area contributed by atoms with Crippen molar-refractivity contribution in [2.75, 3.05) is 0 Å². The van der Waals surface area contributed by atoms with Crippen LogP contribution in [-0.2, 0) is 0 Å². The fourth-order valence-electron chi connectivity index (χ4n) is 2.86. The summed E-state index contributed by atoms with van der Waals surface area (Å²) in [5.74, 6) is 0.339. The molecule has 5 nitrogen and oxygen atoms in total. The van der Waals surface area contributed by atoms with Crippen molar-refractivity contribution in [2.24, 2.45) is 4.99 Å². The maximum Gasteiger partial charge on any atom is 0.336 e. The van der Waals surface area contributed by atoms with E-state index in [1.54, 1.807) is 12.1 Å². The number of hydrogen-bond acceptors (Lipinski definition) is 4. The molecule has 0 amide bonds. The number of nitrogens with one attached hydrogen (secondary N) is 1. The van der Waals surface area contributed by atoms with Crippen LogP contribution in [-0.4, -0.2) is 17.1 Å². The summed E-state index contributed by atoms with van der Waals surface area (Å²) in [6.07, 6.45) is 5.59. The molecule has 5 heteroatoms. The number of amidine groups is 1. The molecule has 1 heterocycles. The highest BCUT2D eigenvalue weighted by atomic mass is 16.5. The van der Waals surface area contributed by atoms with Gasteiger partial charge in [-0.15, -0.1) is 0 Å². The van der Waals surface area contributed by atoms with Gasteiger partial charge in [0.15, 0.2) is 5.84 Å². The molecule has 1 aromatic carbocycles. The van der Waals surface area contributed by atoms with Crippen LogP contribution in [0.5, 0.6) is 0 Å². The molecular formula is C16H18N2O3. The number of nitrogens with zero attached hydrogens (tertiary/aromatic N) is 1. The molecule has 0 saturated heterocycles. The number of hydrogen-bond donors (Lipinski definition) is 2. The molecule has 3 rings (SSSR count). The largest absolute Gasteiger partial charge is 0.423 e. The lowest BCUT2D eigenvalue weighted by atomic mass is 9.96. The quantitative estimate of drug-likeness (QED) is 0.385. The van der Waals surface area contributed by atoms with Gasteiger partial charge in [-0.1, -0.05) is 37.5 Å². The van der Waals surface area contributed by atoms with E-state index in [1.807, 2.05) is 12.1 Å². The fraction of sp³-hybridized carbons (Fsp3) is 0.375. The molecule has 0 aliphatic heterocycles. The van der Waals surface area contributed by atoms with Gasteiger partial charge in [0.2, 0.25) is 0 Å². The zero-order chi connectivity index (χ0) is 14.7. The van der Waals surface area contributed by atoms with E-state index in [0.29, 0.717) is 17.0 Å². The highest BCUT2D eigenvalue weighted by molar-refractivity contribution is 6.08. The Bertz CT molecular complexity index is 715. The van der Waals surface area contributed by atoms with Crippen molar-refractivity contribution < 1.29 is 9.62 Å². The van der Waals surface area contributed by atoms with Crippen molar-refractivity contribution >= 4 is 16.8 Å². The van der Waals surface area contributed by atoms with Crippen molar-refractivity contribution in [2.45, 2.75) is 38.1 Å². The minimum absolute atomic E-state index is 0.194. The van der Waals surface area contributed by atoms with Gasteiger partial charge in [0.05, 0.1) is 6.04 Å². The van der Waals surface area contributed by atoms with Gasteiger partial charge in [0.1, 0.15) is 5.58 Å². The summed E-state index contributed by atoms with van der Waals surface area (Å²) in [6.45, 7) is 0. The van der Waals surface area contributed by atoms with Crippen LogP contribution in [0.3, 0.4) is 0 Å². The maximum absolute atomic E-state index is 11.7. The second kappa shape index (κ2) is 6.10. The molecule has 1 aliphatic rings. The summed E-state index contributed by atoms with van der Waals surface area (Å²) >= 11 is 0. The highest BCUT2D eigenvalue weighted by Crippen LogP contribution is 2.22. The van der Waals surface area contributed by atoms with Gasteiger partial charge in [-0.05, 0) is 18.9 Å². The molecule has 2 aromatic rings. The molecule has 1 fully saturated rings. The van der Waals surface area contributed by atoms with Crippen LogP contribution in [0.15, 0.2) is 44.5 Å². The lowest BCUT2D eigenvalue weighted by Crippen LogP contribution is -2.25. The predicted molar refractivity (Wildman–Crippen MR) is 80.8 cm³/mol. The standard InChI is InChI=1S/C16H18N2O3/c19-15-10-13(12-8-4-5-9-14(12)21-15)16(18-20)17-11-6-2-1-3-7-11/h4-5,8-11,20H,1-3,6-7H2,(H,17,18). The van der Waals surface area contributed by atoms with Crippen LogP contribution in [0.25, 0.3) is 11.0 Å². The Balaban J connectivity index is 2.08. The van der Waals surface area contributed by atoms with E-state index in [-0.39, 0.29) is 6.04 Å². The molecule has 0 bridgehead atoms. The van der Waals surface area contributed by atoms with Crippen LogP contribution in [0, 0.1) is 0 Å². The normalized spacial score (nSPS) is 17.1. The first-order valence-electron chi connectivity index (χ1n) is 7.29. The number of hydroxylamine groups is 1. The van der Waals surface area contributed by atoms with Gasteiger partial charge in [-0.2, -0.15) is 0 Å². The molecule has 1 aliphatic carbocycles. The number of benzene rings is 1. The second-order valence-electron chi connectivity index (χ2n) is 5.36. The van der Waals surface area contributed by atoms with Crippen LogP contribution in [0.1, 0.15) is 37.7 Å². The van der Waals surface area contributed by atoms with Crippen LogP contribution in [0.2, 0.25) is 0 Å². The van der Waals surface area contributed by atoms with E-state index in [4.69, 9.17) is 4.42 Å². The van der Waals surface area contributed by atoms with Crippen molar-refractivity contribution in [3.63, 3.8) is 0 Å². The minimum Gasteiger partial charge on any atom is -0.423 e. The third kappa shape index (κ3) is 2.97. The summed E-state index contributed by atoms with van der Waals surface area (Å²) in [6, 6.07) is 8.81. The molecular weight excluding hydrogens is 268 g/mol. The third-order valence-electron chi connectivity index (χ3n) is 3.90. The van der Waals surface area contributed by atoms with Crippen LogP contribution in [0.4, 0.5) is 0 Å². The SMILES string of the molecule is O=c1cc(C(=NC2CCCCC2)NO)c2ccccc2o1. The Hall–Kier alpha value is -2.14. The molecule has 0 atom stereocenters. The van der Waals surface area contributed by atoms with Crippen molar-refractivity contribution in [3.05, 3.63) is 46.3 Å². The van der Waals surface area contributed by atoms with Gasteiger partial charge < -0.3 is 4.42 Å². The summed E-state index contributed by atoms with van der Waals surface area (Å²) in [7, 11) is 0. The zero-order valence-corrected chi connectivity index (χ0v) is 11.7. The first-order chi connectivity index (χ1) is 10.3. The molecule has 0 radical (unpaired) electrons. The van der Waals surface area contributed by atoms with E-state index in [0.717, 1.165) is 31.1 Å². The molecule has 1 aromatic heterocycles. The lowest BCUT2D eigenvalue weighted by Gasteiger charge is -2.19. The van der Waals surface area contributed by atoms with Crippen LogP contribution >= 0.6 is 0 Å². The van der Waals surface area contributed by atoms with E-state index >= 15 is 0 Å². The van der Waals surface area contributed by atoms with Crippen molar-refractivity contribution in [1.29, 1.82) is 0 Å². The monoisotopic (exact) mass is 286 g/mol. The third-order valence-corrected chi connectivity index (χ3v) is 3.90. The van der Waals surface area contributed by atoms with E-state index in [9.17, 15) is 10.0 Å². The average Bonchev–Trinajstić information content (AvgIpc) is 2.53. The molecule has 2 N–H and O–H groups in total. The van der Waals surface area contributed by atoms with Crippen molar-refractivity contribution in [3.8, 4) is 0 Å². The summed E-state index contributed by atoms with van der Waals surface area (Å²) in [5.41, 5.74) is 2.78. The summed E-state index contributed by atoms with van der Waals surface area (Å²) < 4.78 is 5.17. The zero-order valence-electron chi connectivity index (χ0n) is 11.7. The van der Waals surface area contributed by atoms with E-state index < -0.39 is 5.63 Å². The van der Waals surface area contributed by atoms with Crippen LogP contribution < -0.4 is 11.1 Å². The van der Waals surface area contributed by atoms with E-state index in [2.05, 4.69) is 10.5 Å². The smallest absolute Gasteiger partial charge is 0.336 e. The topological polar surface area (TPSA) is 74.8 Å². The number of rotatable bonds is 2. The first kappa shape index (κ1) is 13.8. The second-order valence-corrected chi connectivity index (χ2v) is 5.36. The van der Waals surface area contributed by atoms with Gasteiger partial charge in [0.25, 0.3) is 0 Å². The Morgan fingerprint density at radius 3 is 2.76 bits per heavy atom. The summed E-state index contributed by atoms with van der Waals surface area (Å²) in [5, 5.41) is 10.2. The molecule has 110 valence electrons. The Labute approximate surface area is 122 Å². The Morgan fingerprint density at radius 1 is 1.24 bits per heavy atom. The fourth-order valence-corrected chi connectivity index (χ4v) is 2.86. The van der Waals surface area contributed by atoms with Gasteiger partial charge in [-0.3, -0.25) is 15.7 Å². The van der Waals surface area contributed by atoms with E-state index in [1.165, 1.54) is 12.5 Å². The lowest BCUT2D eigenvalue weighted by molar-refractivity contribution is 0.233. The molecule has 1 saturated carbocycles. The number of para-hydroxylation sites is 1. The van der Waals surface area contributed by atoms with Gasteiger partial charge in [0, 0.05) is 17.0 Å². The first-order valence-corrected chi connectivity index (χ1v) is 7.29. The van der Waals surface area contributed by atoms with Crippen molar-refractivity contribution in [1.82, 2.24) is 5.48 Å². The van der Waals surface area contributed by atoms with Gasteiger partial charge >= 0.3 is 5.63 Å². The Kier molecular flexibility index (Phi) is 4.01. The average molecular weight is 286 g/mol. The minimum atomic E-state index is -0.449. The Morgan fingerprint density at radius 2 is 2.00 bits per heavy atom. The highest BCUT2D eigenvalue weighted by Gasteiger charge is 2.16. The maximum atomic E-state index is 11.7. The summed E-state index contributed by atoms with van der Waals surface area (Å²) in [4.78, 5) is 16.3. The molecule has 21 heavy (non-hydrogen) atoms. The number of fused-ring (bicyclic) bond motifs is 1. The number of aliphatic imine (C=N–C) groups is 1. The van der Waals surface area contributed by atoms with Gasteiger partial charge in [-0.25, -0.2) is 4.79 Å².